The number of rotatable bonds is 5. The molecule has 0 radical (unpaired) electrons. The van der Waals surface area contributed by atoms with Crippen LogP contribution < -0.4 is 10.2 Å². The van der Waals surface area contributed by atoms with Gasteiger partial charge in [0.15, 0.2) is 5.03 Å². The predicted octanol–water partition coefficient (Wildman–Crippen LogP) is 3.32. The zero-order valence-corrected chi connectivity index (χ0v) is 16.8. The number of hydrogen-bond acceptors (Lipinski definition) is 6. The van der Waals surface area contributed by atoms with E-state index in [0.29, 0.717) is 21.6 Å². The third kappa shape index (κ3) is 3.73. The lowest BCUT2D eigenvalue weighted by atomic mass is 10.2. The Balaban J connectivity index is 1.64. The van der Waals surface area contributed by atoms with Crippen molar-refractivity contribution in [1.82, 2.24) is 15.3 Å². The van der Waals surface area contributed by atoms with E-state index in [-0.39, 0.29) is 5.03 Å². The van der Waals surface area contributed by atoms with Gasteiger partial charge in [0.25, 0.3) is 15.9 Å². The van der Waals surface area contributed by atoms with Crippen molar-refractivity contribution in [3.8, 4) is 5.69 Å². The summed E-state index contributed by atoms with van der Waals surface area (Å²) in [5.41, 5.74) is 3.38. The molecule has 0 aliphatic carbocycles. The summed E-state index contributed by atoms with van der Waals surface area (Å²) in [4.78, 5) is 11.9. The lowest BCUT2D eigenvalue weighted by Gasteiger charge is -2.06. The van der Waals surface area contributed by atoms with Crippen LogP contribution in [-0.4, -0.2) is 29.3 Å². The number of anilines is 1. The van der Waals surface area contributed by atoms with E-state index in [1.165, 1.54) is 17.4 Å². The minimum Gasteiger partial charge on any atom is -0.288 e. The number of nitrogens with one attached hydrogen (secondary N) is 2. The minimum absolute atomic E-state index is 0.0929. The highest BCUT2D eigenvalue weighted by molar-refractivity contribution is 7.92. The van der Waals surface area contributed by atoms with Crippen molar-refractivity contribution in [3.63, 3.8) is 0 Å². The van der Waals surface area contributed by atoms with E-state index in [2.05, 4.69) is 9.82 Å². The first kappa shape index (κ1) is 19.1. The molecule has 2 aromatic carbocycles. The monoisotopic (exact) mass is 428 g/mol. The molecular formula is C19H16N4O4S2. The van der Waals surface area contributed by atoms with E-state index in [9.17, 15) is 13.2 Å². The zero-order valence-electron chi connectivity index (χ0n) is 15.2. The fourth-order valence-electron chi connectivity index (χ4n) is 2.89. The van der Waals surface area contributed by atoms with Gasteiger partial charge in [-0.15, -0.1) is 11.3 Å². The van der Waals surface area contributed by atoms with Crippen LogP contribution in [-0.2, 0) is 10.0 Å². The van der Waals surface area contributed by atoms with E-state index in [1.807, 2.05) is 30.3 Å². The van der Waals surface area contributed by atoms with Crippen LogP contribution in [0.1, 0.15) is 15.4 Å². The average molecular weight is 428 g/mol. The maximum atomic E-state index is 12.8. The van der Waals surface area contributed by atoms with Gasteiger partial charge in [0.2, 0.25) is 0 Å². The van der Waals surface area contributed by atoms with Crippen molar-refractivity contribution in [2.75, 3.05) is 4.72 Å². The number of aryl methyl sites for hydroxylation is 1. The van der Waals surface area contributed by atoms with Gasteiger partial charge in [-0.3, -0.25) is 14.7 Å². The van der Waals surface area contributed by atoms with Crippen molar-refractivity contribution in [1.29, 1.82) is 0 Å². The maximum Gasteiger partial charge on any atom is 0.284 e. The molecule has 0 saturated heterocycles. The predicted molar refractivity (Wildman–Crippen MR) is 110 cm³/mol. The summed E-state index contributed by atoms with van der Waals surface area (Å²) in [5.74, 6) is -0.616. The third-order valence-corrected chi connectivity index (χ3v) is 6.60. The molecule has 29 heavy (non-hydrogen) atoms. The molecule has 0 bridgehead atoms. The largest absolute Gasteiger partial charge is 0.288 e. The van der Waals surface area contributed by atoms with Gasteiger partial charge >= 0.3 is 0 Å². The first-order valence-corrected chi connectivity index (χ1v) is 10.8. The number of carbonyl (C=O) groups excluding carboxylic acids is 1. The van der Waals surface area contributed by atoms with Crippen molar-refractivity contribution < 1.29 is 18.4 Å². The number of hydrogen-bond donors (Lipinski definition) is 3. The molecule has 2 aromatic heterocycles. The summed E-state index contributed by atoms with van der Waals surface area (Å²) in [6.45, 7) is 1.78. The van der Waals surface area contributed by atoms with Crippen LogP contribution in [0.4, 0.5) is 5.69 Å². The Bertz CT molecular complexity index is 1310. The Labute approximate surface area is 170 Å². The molecule has 0 aliphatic heterocycles. The summed E-state index contributed by atoms with van der Waals surface area (Å²) >= 11 is 1.19. The summed E-state index contributed by atoms with van der Waals surface area (Å²) < 4.78 is 30.5. The SMILES string of the molecule is Cc1cc(S(=O)(=O)Nc2ccc3sc(C(=O)NO)cc3c2)nn1-c1ccccc1. The fourth-order valence-corrected chi connectivity index (χ4v) is 4.88. The maximum absolute atomic E-state index is 12.8. The van der Waals surface area contributed by atoms with E-state index in [0.717, 1.165) is 10.4 Å². The highest BCUT2D eigenvalue weighted by Crippen LogP contribution is 2.29. The van der Waals surface area contributed by atoms with Gasteiger partial charge in [0, 0.05) is 22.1 Å². The molecule has 3 N–H and O–H groups in total. The molecule has 0 saturated carbocycles. The zero-order chi connectivity index (χ0) is 20.6. The number of amides is 1. The number of sulfonamides is 1. The number of para-hydroxylation sites is 1. The first-order valence-electron chi connectivity index (χ1n) is 8.50. The van der Waals surface area contributed by atoms with Crippen molar-refractivity contribution >= 4 is 43.0 Å². The highest BCUT2D eigenvalue weighted by Gasteiger charge is 2.20. The Morgan fingerprint density at radius 2 is 1.86 bits per heavy atom. The summed E-state index contributed by atoms with van der Waals surface area (Å²) in [5, 5.41) is 13.6. The molecule has 10 heteroatoms. The van der Waals surface area contributed by atoms with Crippen LogP contribution in [0, 0.1) is 6.92 Å². The Kier molecular flexibility index (Phi) is 4.82. The van der Waals surface area contributed by atoms with E-state index in [4.69, 9.17) is 5.21 Å². The summed E-state index contributed by atoms with van der Waals surface area (Å²) in [7, 11) is -3.90. The molecule has 8 nitrogen and oxygen atoms in total. The van der Waals surface area contributed by atoms with Gasteiger partial charge in [0.1, 0.15) is 0 Å². The second-order valence-electron chi connectivity index (χ2n) is 6.28. The Morgan fingerprint density at radius 1 is 1.10 bits per heavy atom. The van der Waals surface area contributed by atoms with Crippen LogP contribution in [0.2, 0.25) is 0 Å². The molecule has 0 aliphatic rings. The van der Waals surface area contributed by atoms with E-state index >= 15 is 0 Å². The highest BCUT2D eigenvalue weighted by atomic mass is 32.2. The Hall–Kier alpha value is -3.21. The number of nitrogens with zero attached hydrogens (tertiary/aromatic N) is 2. The Morgan fingerprint density at radius 3 is 2.59 bits per heavy atom. The topological polar surface area (TPSA) is 113 Å². The molecule has 0 fully saturated rings. The van der Waals surface area contributed by atoms with Gasteiger partial charge in [-0.25, -0.2) is 10.2 Å². The molecular weight excluding hydrogens is 412 g/mol. The molecule has 1 amide bonds. The van der Waals surface area contributed by atoms with Gasteiger partial charge < -0.3 is 0 Å². The number of aromatic nitrogens is 2. The van der Waals surface area contributed by atoms with Gasteiger partial charge in [-0.1, -0.05) is 18.2 Å². The normalized spacial score (nSPS) is 11.5. The summed E-state index contributed by atoms with van der Waals surface area (Å²) in [6, 6.07) is 17.3. The molecule has 4 rings (SSSR count). The van der Waals surface area contributed by atoms with Gasteiger partial charge in [-0.05, 0) is 48.7 Å². The first-order chi connectivity index (χ1) is 13.9. The van der Waals surface area contributed by atoms with Crippen LogP contribution >= 0.6 is 11.3 Å². The molecule has 0 atom stereocenters. The van der Waals surface area contributed by atoms with Gasteiger partial charge in [0.05, 0.1) is 10.6 Å². The number of hydroxylamine groups is 1. The van der Waals surface area contributed by atoms with Gasteiger partial charge in [-0.2, -0.15) is 13.5 Å². The van der Waals surface area contributed by atoms with E-state index in [1.54, 1.807) is 41.4 Å². The van der Waals surface area contributed by atoms with Crippen LogP contribution in [0.3, 0.4) is 0 Å². The second kappa shape index (κ2) is 7.32. The number of thiophene rings is 1. The average Bonchev–Trinajstić information content (AvgIpc) is 3.31. The smallest absolute Gasteiger partial charge is 0.284 e. The van der Waals surface area contributed by atoms with E-state index < -0.39 is 15.9 Å². The molecule has 0 spiro atoms. The molecule has 148 valence electrons. The van der Waals surface area contributed by atoms with Crippen molar-refractivity contribution in [2.24, 2.45) is 0 Å². The van der Waals surface area contributed by atoms with Crippen molar-refractivity contribution in [2.45, 2.75) is 11.9 Å². The quantitative estimate of drug-likeness (QED) is 0.333. The van der Waals surface area contributed by atoms with Crippen molar-refractivity contribution in [3.05, 3.63) is 71.2 Å². The second-order valence-corrected chi connectivity index (χ2v) is 8.99. The third-order valence-electron chi connectivity index (χ3n) is 4.23. The standard InChI is InChI=1S/C19H16N4O4S2/c1-12-9-18(20-23(12)15-5-3-2-4-6-15)29(26,27)22-14-7-8-16-13(10-14)11-17(28-16)19(24)21-25/h2-11,22,25H,1H3,(H,21,24). The molecule has 2 heterocycles. The molecule has 0 unspecified atom stereocenters. The number of benzene rings is 2. The minimum atomic E-state index is -3.90. The lowest BCUT2D eigenvalue weighted by Crippen LogP contribution is -2.16. The number of carbonyl (C=O) groups is 1. The fraction of sp³-hybridized carbons (Fsp3) is 0.0526. The lowest BCUT2D eigenvalue weighted by molar-refractivity contribution is 0.0711. The summed E-state index contributed by atoms with van der Waals surface area (Å²) in [6.07, 6.45) is 0. The van der Waals surface area contributed by atoms with Crippen LogP contribution in [0.15, 0.2) is 65.7 Å². The molecule has 4 aromatic rings. The van der Waals surface area contributed by atoms with Crippen LogP contribution in [0.25, 0.3) is 15.8 Å². The number of fused-ring (bicyclic) bond motifs is 1. The van der Waals surface area contributed by atoms with Crippen LogP contribution in [0.5, 0.6) is 0 Å².